The number of nitrogens with zero attached hydrogens (tertiary/aromatic N) is 6. The molecule has 3 aromatic rings. The summed E-state index contributed by atoms with van der Waals surface area (Å²) in [4.78, 5) is 3.14. The molecule has 0 spiro atoms. The third-order valence-electron chi connectivity index (χ3n) is 4.42. The van der Waals surface area contributed by atoms with E-state index in [2.05, 4.69) is 20.3 Å². The van der Waals surface area contributed by atoms with Crippen LogP contribution in [-0.2, 0) is 20.2 Å². The van der Waals surface area contributed by atoms with Gasteiger partial charge < -0.3 is 9.29 Å². The van der Waals surface area contributed by atoms with Crippen LogP contribution >= 0.6 is 34.8 Å². The number of rotatable bonds is 8. The van der Waals surface area contributed by atoms with Crippen LogP contribution < -0.4 is 38.8 Å². The second-order valence-corrected chi connectivity index (χ2v) is 11.4. The van der Waals surface area contributed by atoms with Gasteiger partial charge in [-0.2, -0.15) is 27.2 Å². The van der Waals surface area contributed by atoms with E-state index in [1.165, 1.54) is 12.1 Å². The van der Waals surface area contributed by atoms with Crippen molar-refractivity contribution in [2.24, 2.45) is 15.2 Å². The van der Waals surface area contributed by atoms with E-state index in [4.69, 9.17) is 39.0 Å². The summed E-state index contributed by atoms with van der Waals surface area (Å²) in [7, 11) is -8.70. The Labute approximate surface area is 259 Å². The number of nitriles is 1. The normalized spacial score (nSPS) is 12.3. The van der Waals surface area contributed by atoms with Crippen LogP contribution in [0.25, 0.3) is 5.69 Å². The summed E-state index contributed by atoms with van der Waals surface area (Å²) in [5, 5.41) is 32.5. The van der Waals surface area contributed by atoms with Crippen LogP contribution in [0, 0.1) is 11.3 Å². The summed E-state index contributed by atoms with van der Waals surface area (Å²) in [6.07, 6.45) is 1.92. The Bertz CT molecular complexity index is 1750. The van der Waals surface area contributed by atoms with Crippen molar-refractivity contribution >= 4 is 78.1 Å². The number of benzene rings is 2. The Hall–Kier alpha value is -2.26. The van der Waals surface area contributed by atoms with E-state index in [-0.39, 0.29) is 79.5 Å². The fraction of sp³-hybridized carbons (Fsp3) is 0.150. The van der Waals surface area contributed by atoms with Crippen molar-refractivity contribution in [3.63, 3.8) is 0 Å². The van der Waals surface area contributed by atoms with Crippen LogP contribution in [0.1, 0.15) is 18.9 Å². The Morgan fingerprint density at radius 3 is 2.36 bits per heavy atom. The second kappa shape index (κ2) is 12.9. The van der Waals surface area contributed by atoms with Crippen LogP contribution in [0.2, 0.25) is 15.1 Å². The van der Waals surface area contributed by atoms with Crippen LogP contribution in [0.4, 0.5) is 17.2 Å². The van der Waals surface area contributed by atoms with Crippen LogP contribution in [-0.4, -0.2) is 43.3 Å². The van der Waals surface area contributed by atoms with Crippen LogP contribution in [0.5, 0.6) is 5.75 Å². The van der Waals surface area contributed by atoms with Gasteiger partial charge in [-0.3, -0.25) is 9.55 Å². The van der Waals surface area contributed by atoms with Gasteiger partial charge in [-0.1, -0.05) is 41.7 Å². The van der Waals surface area contributed by atoms with Crippen molar-refractivity contribution in [2.45, 2.75) is 18.2 Å². The number of hydrogen-bond donors (Lipinski definition) is 1. The Morgan fingerprint density at radius 2 is 1.79 bits per heavy atom. The first kappa shape index (κ1) is 32.9. The zero-order valence-electron chi connectivity index (χ0n) is 20.1. The average molecular weight is 644 g/mol. The van der Waals surface area contributed by atoms with E-state index in [0.717, 1.165) is 29.3 Å². The summed E-state index contributed by atoms with van der Waals surface area (Å²) >= 11 is 18.3. The third-order valence-corrected chi connectivity index (χ3v) is 6.79. The molecular formula is C20H14Cl3N6NaO7S2. The quantitative estimate of drug-likeness (QED) is 0.0943. The topological polar surface area (TPSA) is 199 Å². The SMILES string of the molecule is CCC([O-])=Nc1cc(N=Nc2c(C#N)cnn2-c2cc(Cl)c(S(=O)(=O)O)cc2Cl)cc(Cl)c1OS(C)(=O)=O.[Na+]. The predicted octanol–water partition coefficient (Wildman–Crippen LogP) is 1.51. The van der Waals surface area contributed by atoms with Gasteiger partial charge in [-0.05, 0) is 36.6 Å². The van der Waals surface area contributed by atoms with Gasteiger partial charge in [0.1, 0.15) is 22.2 Å². The molecule has 0 aliphatic heterocycles. The van der Waals surface area contributed by atoms with E-state index in [9.17, 15) is 31.8 Å². The number of hydrogen-bond acceptors (Lipinski definition) is 11. The maximum atomic E-state index is 11.9. The van der Waals surface area contributed by atoms with Gasteiger partial charge in [0.15, 0.2) is 11.6 Å². The van der Waals surface area contributed by atoms with E-state index in [1.54, 1.807) is 6.92 Å². The molecular weight excluding hydrogens is 630 g/mol. The Balaban J connectivity index is 0.00000533. The molecule has 0 saturated heterocycles. The number of aliphatic imine (C=N–C) groups is 1. The van der Waals surface area contributed by atoms with E-state index in [1.807, 2.05) is 6.07 Å². The summed E-state index contributed by atoms with van der Waals surface area (Å²) in [6.45, 7) is 1.54. The van der Waals surface area contributed by atoms with Gasteiger partial charge in [-0.25, -0.2) is 4.68 Å². The van der Waals surface area contributed by atoms with Crippen molar-refractivity contribution in [1.82, 2.24) is 9.78 Å². The first-order valence-electron chi connectivity index (χ1n) is 9.99. The molecule has 13 nitrogen and oxygen atoms in total. The second-order valence-electron chi connectivity index (χ2n) is 7.24. The number of halogens is 3. The summed E-state index contributed by atoms with van der Waals surface area (Å²) in [6, 6.07) is 6.19. The predicted molar refractivity (Wildman–Crippen MR) is 137 cm³/mol. The minimum Gasteiger partial charge on any atom is -0.862 e. The molecule has 0 unspecified atom stereocenters. The molecule has 2 aromatic carbocycles. The average Bonchev–Trinajstić information content (AvgIpc) is 3.22. The van der Waals surface area contributed by atoms with Gasteiger partial charge in [0.2, 0.25) is 0 Å². The molecule has 0 saturated carbocycles. The molecule has 0 radical (unpaired) electrons. The molecule has 200 valence electrons. The summed E-state index contributed by atoms with van der Waals surface area (Å²) < 4.78 is 61.5. The Kier molecular flexibility index (Phi) is 10.9. The molecule has 0 fully saturated rings. The zero-order valence-corrected chi connectivity index (χ0v) is 26.0. The molecule has 0 atom stereocenters. The van der Waals surface area contributed by atoms with E-state index in [0.29, 0.717) is 0 Å². The fourth-order valence-corrected chi connectivity index (χ4v) is 4.93. The maximum absolute atomic E-state index is 11.9. The molecule has 1 N–H and O–H groups in total. The van der Waals surface area contributed by atoms with E-state index >= 15 is 0 Å². The molecule has 1 aromatic heterocycles. The molecule has 3 rings (SSSR count). The molecule has 0 amide bonds. The smallest absolute Gasteiger partial charge is 0.862 e. The van der Waals surface area contributed by atoms with Gasteiger partial charge >= 0.3 is 39.7 Å². The van der Waals surface area contributed by atoms with Crippen molar-refractivity contribution < 1.29 is 60.2 Å². The van der Waals surface area contributed by atoms with Gasteiger partial charge in [0, 0.05) is 0 Å². The molecule has 39 heavy (non-hydrogen) atoms. The van der Waals surface area contributed by atoms with Crippen LogP contribution in [0.15, 0.2) is 50.6 Å². The zero-order chi connectivity index (χ0) is 28.4. The first-order chi connectivity index (χ1) is 17.6. The summed E-state index contributed by atoms with van der Waals surface area (Å²) in [5.41, 5.74) is -0.318. The maximum Gasteiger partial charge on any atom is 1.00 e. The molecule has 1 heterocycles. The number of aromatic nitrogens is 2. The van der Waals surface area contributed by atoms with Crippen molar-refractivity contribution in [1.29, 1.82) is 5.26 Å². The Morgan fingerprint density at radius 1 is 1.13 bits per heavy atom. The minimum absolute atomic E-state index is 0. The molecule has 0 bridgehead atoms. The van der Waals surface area contributed by atoms with Gasteiger partial charge in [0.05, 0.1) is 38.9 Å². The van der Waals surface area contributed by atoms with Crippen molar-refractivity contribution in [2.75, 3.05) is 6.26 Å². The van der Waals surface area contributed by atoms with Crippen molar-refractivity contribution in [3.8, 4) is 17.5 Å². The van der Waals surface area contributed by atoms with Gasteiger partial charge in [0.25, 0.3) is 10.1 Å². The number of azo groups is 1. The molecule has 0 aliphatic carbocycles. The largest absolute Gasteiger partial charge is 1.00 e. The minimum atomic E-state index is -4.68. The summed E-state index contributed by atoms with van der Waals surface area (Å²) in [5.74, 6) is -1.16. The molecule has 0 aliphatic rings. The first-order valence-corrected chi connectivity index (χ1v) is 14.4. The van der Waals surface area contributed by atoms with Gasteiger partial charge in [-0.15, -0.1) is 10.2 Å². The van der Waals surface area contributed by atoms with Crippen LogP contribution in [0.3, 0.4) is 0 Å². The van der Waals surface area contributed by atoms with Crippen molar-refractivity contribution in [3.05, 3.63) is 51.1 Å². The fourth-order valence-electron chi connectivity index (χ4n) is 2.83. The molecule has 19 heteroatoms. The third kappa shape index (κ3) is 8.13. The monoisotopic (exact) mass is 642 g/mol. The standard InChI is InChI=1S/C20H15Cl3N6O7S2.Na/c1-3-18(30)26-15-5-11(4-14(23)19(15)36-37(2,31)32)27-28-20-10(8-24)9-25-29(20)16-6-13(22)17(7-12(16)21)38(33,34)35;/h4-7,9H,3H2,1-2H3,(H,26,30)(H,33,34,35);/q;+1/p-1. The van der Waals surface area contributed by atoms with E-state index < -0.39 is 36.8 Å².